The van der Waals surface area contributed by atoms with Crippen LogP contribution in [0.2, 0.25) is 0 Å². The highest BCUT2D eigenvalue weighted by Gasteiger charge is 2.30. The number of non-ortho nitro benzene ring substituents is 1. The van der Waals surface area contributed by atoms with E-state index >= 15 is 0 Å². The zero-order valence-electron chi connectivity index (χ0n) is 16.0. The maximum atomic E-state index is 13.6. The Bertz CT molecular complexity index is 1090. The smallest absolute Gasteiger partial charge is 0.269 e. The van der Waals surface area contributed by atoms with E-state index in [2.05, 4.69) is 15.3 Å². The number of nitrogens with one attached hydrogen (secondary N) is 1. The number of rotatable bonds is 5. The van der Waals surface area contributed by atoms with E-state index in [0.717, 1.165) is 12.1 Å². The fourth-order valence-electron chi connectivity index (χ4n) is 3.45. The highest BCUT2D eigenvalue weighted by atomic mass is 19.2. The van der Waals surface area contributed by atoms with Gasteiger partial charge in [-0.05, 0) is 43.2 Å². The van der Waals surface area contributed by atoms with Gasteiger partial charge < -0.3 is 10.1 Å². The number of nitro groups is 1. The maximum Gasteiger partial charge on any atom is 0.269 e. The van der Waals surface area contributed by atoms with Crippen LogP contribution < -0.4 is 5.32 Å². The van der Waals surface area contributed by atoms with Gasteiger partial charge in [0.2, 0.25) is 0 Å². The maximum absolute atomic E-state index is 13.6. The third kappa shape index (κ3) is 4.11. The Labute approximate surface area is 170 Å². The third-order valence-corrected chi connectivity index (χ3v) is 4.89. The molecule has 1 saturated heterocycles. The van der Waals surface area contributed by atoms with Gasteiger partial charge in [-0.2, -0.15) is 0 Å². The summed E-state index contributed by atoms with van der Waals surface area (Å²) in [5.74, 6) is -0.838. The van der Waals surface area contributed by atoms with E-state index in [9.17, 15) is 18.9 Å². The van der Waals surface area contributed by atoms with Crippen molar-refractivity contribution in [3.63, 3.8) is 0 Å². The monoisotopic (exact) mass is 412 g/mol. The van der Waals surface area contributed by atoms with Gasteiger partial charge in [0.25, 0.3) is 5.69 Å². The molecule has 1 aliphatic heterocycles. The zero-order chi connectivity index (χ0) is 21.3. The molecule has 4 rings (SSSR count). The van der Waals surface area contributed by atoms with Gasteiger partial charge in [0, 0.05) is 36.1 Å². The van der Waals surface area contributed by atoms with Crippen molar-refractivity contribution in [1.29, 1.82) is 0 Å². The number of aromatic nitrogens is 2. The van der Waals surface area contributed by atoms with Crippen molar-refractivity contribution >= 4 is 11.5 Å². The molecular weight excluding hydrogens is 394 g/mol. The van der Waals surface area contributed by atoms with Crippen LogP contribution in [0.5, 0.6) is 0 Å². The summed E-state index contributed by atoms with van der Waals surface area (Å²) in [6.07, 6.45) is 0.220. The fourth-order valence-corrected chi connectivity index (χ4v) is 3.45. The molecule has 0 amide bonds. The van der Waals surface area contributed by atoms with Crippen LogP contribution >= 0.6 is 0 Å². The van der Waals surface area contributed by atoms with Crippen molar-refractivity contribution < 1.29 is 18.4 Å². The van der Waals surface area contributed by atoms with E-state index in [1.54, 1.807) is 18.2 Å². The van der Waals surface area contributed by atoms with E-state index < -0.39 is 22.7 Å². The highest BCUT2D eigenvalue weighted by Crippen LogP contribution is 2.32. The second-order valence-electron chi connectivity index (χ2n) is 7.03. The second kappa shape index (κ2) is 8.11. The first kappa shape index (κ1) is 19.8. The summed E-state index contributed by atoms with van der Waals surface area (Å²) >= 11 is 0. The molecular formula is C21H18F2N4O3. The fraction of sp³-hybridized carbons (Fsp3) is 0.238. The summed E-state index contributed by atoms with van der Waals surface area (Å²) in [5, 5.41) is 14.1. The Hall–Kier alpha value is -3.46. The number of hydrogen-bond donors (Lipinski definition) is 1. The van der Waals surface area contributed by atoms with E-state index in [0.29, 0.717) is 41.5 Å². The molecule has 2 atom stereocenters. The lowest BCUT2D eigenvalue weighted by Crippen LogP contribution is -2.24. The van der Waals surface area contributed by atoms with Gasteiger partial charge in [0.05, 0.1) is 11.0 Å². The number of hydrogen-bond acceptors (Lipinski definition) is 6. The molecule has 0 radical (unpaired) electrons. The molecule has 154 valence electrons. The molecule has 1 aliphatic rings. The van der Waals surface area contributed by atoms with Crippen molar-refractivity contribution in [3.05, 3.63) is 81.5 Å². The number of nitrogens with zero attached hydrogens (tertiary/aromatic N) is 3. The average Bonchev–Trinajstić information content (AvgIpc) is 3.17. The first-order chi connectivity index (χ1) is 14.4. The third-order valence-electron chi connectivity index (χ3n) is 4.89. The molecule has 30 heavy (non-hydrogen) atoms. The Balaban J connectivity index is 1.58. The number of benzene rings is 2. The summed E-state index contributed by atoms with van der Waals surface area (Å²) in [7, 11) is 0. The van der Waals surface area contributed by atoms with Gasteiger partial charge >= 0.3 is 0 Å². The minimum absolute atomic E-state index is 0.0118. The lowest BCUT2D eigenvalue weighted by atomic mass is 10.0. The molecule has 2 unspecified atom stereocenters. The van der Waals surface area contributed by atoms with Gasteiger partial charge in [0.15, 0.2) is 17.5 Å². The standard InChI is InChI=1S/C21H18F2N4O3/c1-12-10-19(26-21(24-12)13-2-5-15(6-3-13)27(28)29)25-18-8-9-30-20(18)14-4-7-16(22)17(23)11-14/h2-7,10-11,18,20H,8-9H2,1H3,(H,24,25,26). The summed E-state index contributed by atoms with van der Waals surface area (Å²) in [6.45, 7) is 2.29. The Kier molecular flexibility index (Phi) is 5.37. The Morgan fingerprint density at radius 2 is 1.87 bits per heavy atom. The summed E-state index contributed by atoms with van der Waals surface area (Å²) in [5.41, 5.74) is 1.89. The summed E-state index contributed by atoms with van der Waals surface area (Å²) in [6, 6.07) is 11.3. The number of ether oxygens (including phenoxy) is 1. The normalized spacial score (nSPS) is 18.4. The number of halogens is 2. The van der Waals surface area contributed by atoms with E-state index in [1.165, 1.54) is 18.2 Å². The van der Waals surface area contributed by atoms with Crippen molar-refractivity contribution in [3.8, 4) is 11.4 Å². The minimum atomic E-state index is -0.917. The van der Waals surface area contributed by atoms with Crippen LogP contribution in [0.3, 0.4) is 0 Å². The molecule has 0 aliphatic carbocycles. The molecule has 1 aromatic heterocycles. The van der Waals surface area contributed by atoms with Crippen LogP contribution in [0.25, 0.3) is 11.4 Å². The van der Waals surface area contributed by atoms with Crippen LogP contribution in [0.1, 0.15) is 23.8 Å². The van der Waals surface area contributed by atoms with E-state index in [1.807, 2.05) is 6.92 Å². The zero-order valence-corrected chi connectivity index (χ0v) is 16.0. The quantitative estimate of drug-likeness (QED) is 0.487. The minimum Gasteiger partial charge on any atom is -0.371 e. The largest absolute Gasteiger partial charge is 0.371 e. The van der Waals surface area contributed by atoms with Crippen molar-refractivity contribution in [1.82, 2.24) is 9.97 Å². The molecule has 9 heteroatoms. The van der Waals surface area contributed by atoms with Crippen LogP contribution in [-0.2, 0) is 4.74 Å². The highest BCUT2D eigenvalue weighted by molar-refractivity contribution is 5.59. The SMILES string of the molecule is Cc1cc(NC2CCOC2c2ccc(F)c(F)c2)nc(-c2ccc([N+](=O)[O-])cc2)n1. The predicted molar refractivity (Wildman–Crippen MR) is 106 cm³/mol. The molecule has 7 nitrogen and oxygen atoms in total. The lowest BCUT2D eigenvalue weighted by molar-refractivity contribution is -0.384. The van der Waals surface area contributed by atoms with Gasteiger partial charge in [-0.15, -0.1) is 0 Å². The number of nitro benzene ring substituents is 1. The van der Waals surface area contributed by atoms with Crippen LogP contribution in [0, 0.1) is 28.7 Å². The summed E-state index contributed by atoms with van der Waals surface area (Å²) < 4.78 is 32.6. The summed E-state index contributed by atoms with van der Waals surface area (Å²) in [4.78, 5) is 19.3. The molecule has 0 bridgehead atoms. The van der Waals surface area contributed by atoms with Crippen molar-refractivity contribution in [2.24, 2.45) is 0 Å². The lowest BCUT2D eigenvalue weighted by Gasteiger charge is -2.21. The Morgan fingerprint density at radius 3 is 2.57 bits per heavy atom. The molecule has 0 saturated carbocycles. The number of anilines is 1. The Morgan fingerprint density at radius 1 is 1.10 bits per heavy atom. The molecule has 3 aromatic rings. The molecule has 0 spiro atoms. The first-order valence-corrected chi connectivity index (χ1v) is 9.34. The average molecular weight is 412 g/mol. The van der Waals surface area contributed by atoms with Gasteiger partial charge in [-0.25, -0.2) is 18.7 Å². The van der Waals surface area contributed by atoms with Gasteiger partial charge in [0.1, 0.15) is 11.9 Å². The van der Waals surface area contributed by atoms with E-state index in [4.69, 9.17) is 4.74 Å². The van der Waals surface area contributed by atoms with Crippen molar-refractivity contribution in [2.45, 2.75) is 25.5 Å². The van der Waals surface area contributed by atoms with Gasteiger partial charge in [-0.1, -0.05) is 6.07 Å². The van der Waals surface area contributed by atoms with Crippen LogP contribution in [0.15, 0.2) is 48.5 Å². The van der Waals surface area contributed by atoms with Crippen LogP contribution in [-0.4, -0.2) is 27.5 Å². The van der Waals surface area contributed by atoms with Gasteiger partial charge in [-0.3, -0.25) is 10.1 Å². The molecule has 1 fully saturated rings. The molecule has 2 heterocycles. The topological polar surface area (TPSA) is 90.2 Å². The number of aryl methyl sites for hydroxylation is 1. The van der Waals surface area contributed by atoms with E-state index in [-0.39, 0.29) is 11.7 Å². The predicted octanol–water partition coefficient (Wildman–Crippen LogP) is 4.58. The molecule has 1 N–H and O–H groups in total. The second-order valence-corrected chi connectivity index (χ2v) is 7.03. The van der Waals surface area contributed by atoms with Crippen LogP contribution in [0.4, 0.5) is 20.3 Å². The first-order valence-electron chi connectivity index (χ1n) is 9.34. The van der Waals surface area contributed by atoms with Crippen molar-refractivity contribution in [2.75, 3.05) is 11.9 Å². The molecule has 2 aromatic carbocycles.